The van der Waals surface area contributed by atoms with Crippen LogP contribution in [0.15, 0.2) is 53.3 Å². The smallest absolute Gasteiger partial charge is 0.266 e. The predicted octanol–water partition coefficient (Wildman–Crippen LogP) is 3.31. The number of fused-ring (bicyclic) bond motifs is 1. The number of likely N-dealkylation sites (N-methyl/N-ethyl adjacent to an activating group) is 1. The van der Waals surface area contributed by atoms with E-state index in [9.17, 15) is 4.79 Å². The molecule has 1 saturated heterocycles. The molecule has 30 heavy (non-hydrogen) atoms. The third-order valence-electron chi connectivity index (χ3n) is 5.68. The van der Waals surface area contributed by atoms with Gasteiger partial charge in [-0.2, -0.15) is 0 Å². The third kappa shape index (κ3) is 4.40. The number of hydrogen-bond acceptors (Lipinski definition) is 5. The van der Waals surface area contributed by atoms with Gasteiger partial charge in [0.25, 0.3) is 5.56 Å². The van der Waals surface area contributed by atoms with E-state index in [1.54, 1.807) is 4.57 Å². The van der Waals surface area contributed by atoms with E-state index in [0.717, 1.165) is 49.6 Å². The molecule has 0 bridgehead atoms. The van der Waals surface area contributed by atoms with Crippen LogP contribution in [0.3, 0.4) is 0 Å². The number of ether oxygens (including phenoxy) is 1. The number of para-hydroxylation sites is 3. The fraction of sp³-hybridized carbons (Fsp3) is 0.417. The lowest BCUT2D eigenvalue weighted by atomic mass is 10.2. The van der Waals surface area contributed by atoms with Crippen LogP contribution in [0.4, 0.5) is 0 Å². The predicted molar refractivity (Wildman–Crippen MR) is 121 cm³/mol. The molecular formula is C24H30N4O2. The highest BCUT2D eigenvalue weighted by atomic mass is 16.5. The molecule has 158 valence electrons. The first-order valence-electron chi connectivity index (χ1n) is 10.8. The van der Waals surface area contributed by atoms with E-state index >= 15 is 0 Å². The molecular weight excluding hydrogens is 376 g/mol. The zero-order valence-corrected chi connectivity index (χ0v) is 17.9. The van der Waals surface area contributed by atoms with Crippen molar-refractivity contribution in [2.75, 3.05) is 39.8 Å². The first-order valence-corrected chi connectivity index (χ1v) is 10.8. The van der Waals surface area contributed by atoms with Crippen molar-refractivity contribution in [2.45, 2.75) is 26.3 Å². The summed E-state index contributed by atoms with van der Waals surface area (Å²) in [5.74, 6) is 1.46. The highest BCUT2D eigenvalue weighted by Crippen LogP contribution is 2.24. The monoisotopic (exact) mass is 406 g/mol. The van der Waals surface area contributed by atoms with E-state index in [0.29, 0.717) is 24.3 Å². The standard InChI is InChI=1S/C24H30N4O2/c1-3-30-22-13-7-6-12-21(22)28-23(18-27-15-9-8-14-26(2)16-17-27)25-20-11-5-4-10-19(20)24(28)29/h4-7,10-13H,3,8-9,14-18H2,1-2H3. The van der Waals surface area contributed by atoms with Crippen LogP contribution in [0.5, 0.6) is 5.75 Å². The topological polar surface area (TPSA) is 50.6 Å². The molecule has 0 N–H and O–H groups in total. The summed E-state index contributed by atoms with van der Waals surface area (Å²) in [7, 11) is 2.17. The molecule has 0 spiro atoms. The minimum absolute atomic E-state index is 0.0492. The number of hydrogen-bond donors (Lipinski definition) is 0. The van der Waals surface area contributed by atoms with E-state index in [-0.39, 0.29) is 5.56 Å². The van der Waals surface area contributed by atoms with Crippen molar-refractivity contribution in [2.24, 2.45) is 0 Å². The van der Waals surface area contributed by atoms with E-state index in [2.05, 4.69) is 16.8 Å². The Kier molecular flexibility index (Phi) is 6.45. The normalized spacial score (nSPS) is 16.3. The van der Waals surface area contributed by atoms with E-state index in [1.165, 1.54) is 6.42 Å². The Hall–Kier alpha value is -2.70. The quantitative estimate of drug-likeness (QED) is 0.651. The van der Waals surface area contributed by atoms with Gasteiger partial charge in [0.2, 0.25) is 0 Å². The zero-order valence-electron chi connectivity index (χ0n) is 17.9. The molecule has 4 rings (SSSR count). The largest absolute Gasteiger partial charge is 0.492 e. The van der Waals surface area contributed by atoms with Gasteiger partial charge in [0.15, 0.2) is 0 Å². The van der Waals surface area contributed by atoms with Crippen LogP contribution < -0.4 is 10.3 Å². The van der Waals surface area contributed by atoms with Crippen LogP contribution in [-0.4, -0.2) is 59.2 Å². The van der Waals surface area contributed by atoms with E-state index in [1.807, 2.05) is 55.5 Å². The van der Waals surface area contributed by atoms with Gasteiger partial charge in [-0.3, -0.25) is 14.3 Å². The lowest BCUT2D eigenvalue weighted by Gasteiger charge is -2.29. The third-order valence-corrected chi connectivity index (χ3v) is 5.68. The SMILES string of the molecule is CCOc1ccccc1-n1c(CN2CCCCN(C)CC2)nc2ccccc2c1=O. The lowest BCUT2D eigenvalue weighted by molar-refractivity contribution is 0.184. The molecule has 0 unspecified atom stereocenters. The molecule has 0 radical (unpaired) electrons. The maximum Gasteiger partial charge on any atom is 0.266 e. The van der Waals surface area contributed by atoms with Crippen LogP contribution in [0.25, 0.3) is 16.6 Å². The molecule has 1 aromatic heterocycles. The first kappa shape index (κ1) is 20.6. The molecule has 6 nitrogen and oxygen atoms in total. The van der Waals surface area contributed by atoms with Crippen molar-refractivity contribution in [3.05, 3.63) is 64.7 Å². The summed E-state index contributed by atoms with van der Waals surface area (Å²) in [4.78, 5) is 23.3. The van der Waals surface area contributed by atoms with Gasteiger partial charge >= 0.3 is 0 Å². The summed E-state index contributed by atoms with van der Waals surface area (Å²) in [6.07, 6.45) is 2.34. The van der Waals surface area contributed by atoms with Crippen molar-refractivity contribution in [3.8, 4) is 11.4 Å². The summed E-state index contributed by atoms with van der Waals surface area (Å²) >= 11 is 0. The Balaban J connectivity index is 1.82. The van der Waals surface area contributed by atoms with Crippen molar-refractivity contribution in [1.29, 1.82) is 0 Å². The van der Waals surface area contributed by atoms with Gasteiger partial charge in [0.1, 0.15) is 11.6 Å². The lowest BCUT2D eigenvalue weighted by Crippen LogP contribution is -2.38. The molecule has 0 atom stereocenters. The average molecular weight is 407 g/mol. The van der Waals surface area contributed by atoms with Crippen LogP contribution in [0.1, 0.15) is 25.6 Å². The van der Waals surface area contributed by atoms with Gasteiger partial charge in [-0.1, -0.05) is 24.3 Å². The molecule has 1 aliphatic rings. The van der Waals surface area contributed by atoms with Crippen molar-refractivity contribution in [1.82, 2.24) is 19.4 Å². The second-order valence-electron chi connectivity index (χ2n) is 7.87. The number of nitrogens with zero attached hydrogens (tertiary/aromatic N) is 4. The van der Waals surface area contributed by atoms with Crippen LogP contribution >= 0.6 is 0 Å². The molecule has 0 aliphatic carbocycles. The van der Waals surface area contributed by atoms with Crippen molar-refractivity contribution in [3.63, 3.8) is 0 Å². The van der Waals surface area contributed by atoms with Gasteiger partial charge in [-0.05, 0) is 64.2 Å². The molecule has 2 heterocycles. The van der Waals surface area contributed by atoms with Crippen LogP contribution in [0.2, 0.25) is 0 Å². The maximum absolute atomic E-state index is 13.6. The number of aromatic nitrogens is 2. The van der Waals surface area contributed by atoms with Gasteiger partial charge in [-0.15, -0.1) is 0 Å². The Labute approximate surface area is 177 Å². The van der Waals surface area contributed by atoms with E-state index < -0.39 is 0 Å². The van der Waals surface area contributed by atoms with Crippen molar-refractivity contribution >= 4 is 10.9 Å². The minimum Gasteiger partial charge on any atom is -0.492 e. The number of benzene rings is 2. The fourth-order valence-electron chi connectivity index (χ4n) is 4.06. The summed E-state index contributed by atoms with van der Waals surface area (Å²) in [5.41, 5.74) is 1.44. The molecule has 0 amide bonds. The second-order valence-corrected chi connectivity index (χ2v) is 7.87. The maximum atomic E-state index is 13.6. The Morgan fingerprint density at radius 3 is 2.60 bits per heavy atom. The number of rotatable bonds is 5. The van der Waals surface area contributed by atoms with Crippen LogP contribution in [-0.2, 0) is 6.54 Å². The minimum atomic E-state index is -0.0492. The van der Waals surface area contributed by atoms with Crippen molar-refractivity contribution < 1.29 is 4.74 Å². The highest BCUT2D eigenvalue weighted by Gasteiger charge is 2.19. The highest BCUT2D eigenvalue weighted by molar-refractivity contribution is 5.78. The van der Waals surface area contributed by atoms with Crippen LogP contribution in [0, 0.1) is 0 Å². The molecule has 1 fully saturated rings. The zero-order chi connectivity index (χ0) is 20.9. The van der Waals surface area contributed by atoms with Gasteiger partial charge in [0, 0.05) is 13.1 Å². The Morgan fingerprint density at radius 2 is 1.73 bits per heavy atom. The van der Waals surface area contributed by atoms with Gasteiger partial charge in [-0.25, -0.2) is 4.98 Å². The molecule has 3 aromatic rings. The van der Waals surface area contributed by atoms with Gasteiger partial charge < -0.3 is 9.64 Å². The molecule has 6 heteroatoms. The molecule has 2 aromatic carbocycles. The Morgan fingerprint density at radius 1 is 0.967 bits per heavy atom. The fourth-order valence-corrected chi connectivity index (χ4v) is 4.06. The average Bonchev–Trinajstić information content (AvgIpc) is 2.74. The Bertz CT molecular complexity index is 1060. The van der Waals surface area contributed by atoms with E-state index in [4.69, 9.17) is 9.72 Å². The second kappa shape index (κ2) is 9.41. The summed E-state index contributed by atoms with van der Waals surface area (Å²) in [5, 5.41) is 0.625. The summed E-state index contributed by atoms with van der Waals surface area (Å²) in [6, 6.07) is 15.3. The molecule has 0 saturated carbocycles. The van der Waals surface area contributed by atoms with Gasteiger partial charge in [0.05, 0.1) is 29.7 Å². The summed E-state index contributed by atoms with van der Waals surface area (Å²) < 4.78 is 7.59. The molecule has 1 aliphatic heterocycles. The summed E-state index contributed by atoms with van der Waals surface area (Å²) in [6.45, 7) is 7.28. The first-order chi connectivity index (χ1) is 14.7.